The van der Waals surface area contributed by atoms with Gasteiger partial charge in [0, 0.05) is 51.5 Å². The Labute approximate surface area is 203 Å². The Kier molecular flexibility index (Phi) is 7.47. The monoisotopic (exact) mass is 489 g/mol. The van der Waals surface area contributed by atoms with Crippen LogP contribution in [-0.4, -0.2) is 68.1 Å². The number of alkyl halides is 3. The summed E-state index contributed by atoms with van der Waals surface area (Å²) in [7, 11) is 2.03. The molecule has 2 aromatic carbocycles. The second-order valence-corrected chi connectivity index (χ2v) is 9.25. The second kappa shape index (κ2) is 10.4. The van der Waals surface area contributed by atoms with Gasteiger partial charge in [0.1, 0.15) is 0 Å². The molecule has 0 saturated carbocycles. The van der Waals surface area contributed by atoms with Crippen LogP contribution in [0.5, 0.6) is 0 Å². The van der Waals surface area contributed by atoms with Gasteiger partial charge in [0.2, 0.25) is 5.91 Å². The van der Waals surface area contributed by atoms with Crippen molar-refractivity contribution in [1.29, 1.82) is 0 Å². The van der Waals surface area contributed by atoms with Crippen LogP contribution in [0.1, 0.15) is 39.9 Å². The Bertz CT molecular complexity index is 1040. The van der Waals surface area contributed by atoms with Crippen molar-refractivity contribution in [3.05, 3.63) is 70.8 Å². The molecule has 0 bridgehead atoms. The van der Waals surface area contributed by atoms with Crippen LogP contribution in [0, 0.1) is 0 Å². The fourth-order valence-electron chi connectivity index (χ4n) is 4.67. The summed E-state index contributed by atoms with van der Waals surface area (Å²) in [6.45, 7) is 3.87. The third kappa shape index (κ3) is 5.67. The summed E-state index contributed by atoms with van der Waals surface area (Å²) in [5, 5.41) is 2.91. The van der Waals surface area contributed by atoms with Crippen molar-refractivity contribution in [2.45, 2.75) is 31.0 Å². The van der Waals surface area contributed by atoms with E-state index in [2.05, 4.69) is 10.2 Å². The lowest BCUT2D eigenvalue weighted by Gasteiger charge is -2.36. The number of carbonyl (C=O) groups excluding carboxylic acids is 2. The molecular weight excluding hydrogens is 459 g/mol. The number of benzene rings is 2. The Morgan fingerprint density at radius 3 is 2.29 bits per heavy atom. The highest BCUT2D eigenvalue weighted by Crippen LogP contribution is 2.38. The molecule has 9 heteroatoms. The lowest BCUT2D eigenvalue weighted by Crippen LogP contribution is -2.48. The maximum Gasteiger partial charge on any atom is 0.416 e. The van der Waals surface area contributed by atoms with E-state index in [0.717, 1.165) is 30.8 Å². The average molecular weight is 490 g/mol. The molecule has 0 spiro atoms. The highest BCUT2D eigenvalue weighted by molar-refractivity contribution is 5.94. The third-order valence-corrected chi connectivity index (χ3v) is 6.97. The first-order valence-electron chi connectivity index (χ1n) is 11.8. The Hall–Kier alpha value is -2.91. The van der Waals surface area contributed by atoms with E-state index >= 15 is 0 Å². The van der Waals surface area contributed by atoms with Crippen molar-refractivity contribution in [1.82, 2.24) is 15.1 Å². The minimum absolute atomic E-state index is 0.0145. The van der Waals surface area contributed by atoms with Crippen molar-refractivity contribution in [3.8, 4) is 0 Å². The first-order valence-corrected chi connectivity index (χ1v) is 11.8. The number of ether oxygens (including phenoxy) is 1. The van der Waals surface area contributed by atoms with E-state index < -0.39 is 17.2 Å². The molecule has 2 saturated heterocycles. The van der Waals surface area contributed by atoms with Crippen molar-refractivity contribution >= 4 is 11.8 Å². The van der Waals surface area contributed by atoms with Crippen molar-refractivity contribution in [3.63, 3.8) is 0 Å². The number of likely N-dealkylation sites (N-methyl/N-ethyl adjacent to an activating group) is 1. The molecule has 0 radical (unpaired) electrons. The van der Waals surface area contributed by atoms with Crippen LogP contribution >= 0.6 is 0 Å². The molecule has 2 heterocycles. The van der Waals surface area contributed by atoms with Crippen molar-refractivity contribution in [2.24, 2.45) is 0 Å². The molecule has 35 heavy (non-hydrogen) atoms. The quantitative estimate of drug-likeness (QED) is 0.699. The van der Waals surface area contributed by atoms with Crippen LogP contribution in [0.4, 0.5) is 13.2 Å². The molecule has 2 aliphatic heterocycles. The minimum atomic E-state index is -4.48. The average Bonchev–Trinajstić information content (AvgIpc) is 2.87. The van der Waals surface area contributed by atoms with Gasteiger partial charge < -0.3 is 19.9 Å². The largest absolute Gasteiger partial charge is 0.416 e. The van der Waals surface area contributed by atoms with Gasteiger partial charge in [0.25, 0.3) is 5.91 Å². The molecule has 1 N–H and O–H groups in total. The molecule has 2 aliphatic rings. The number of rotatable bonds is 5. The van der Waals surface area contributed by atoms with E-state index in [4.69, 9.17) is 4.74 Å². The number of hydrogen-bond donors (Lipinski definition) is 1. The van der Waals surface area contributed by atoms with Gasteiger partial charge in [-0.3, -0.25) is 9.59 Å². The topological polar surface area (TPSA) is 61.9 Å². The zero-order valence-corrected chi connectivity index (χ0v) is 19.7. The Morgan fingerprint density at radius 2 is 1.66 bits per heavy atom. The zero-order chi connectivity index (χ0) is 25.1. The number of hydrogen-bond acceptors (Lipinski definition) is 4. The second-order valence-electron chi connectivity index (χ2n) is 9.25. The van der Waals surface area contributed by atoms with Crippen LogP contribution in [0.2, 0.25) is 0 Å². The highest BCUT2D eigenvalue weighted by atomic mass is 19.4. The highest BCUT2D eigenvalue weighted by Gasteiger charge is 2.43. The number of halogens is 3. The maximum atomic E-state index is 13.4. The van der Waals surface area contributed by atoms with Gasteiger partial charge in [-0.2, -0.15) is 13.2 Å². The maximum absolute atomic E-state index is 13.4. The SMILES string of the molecule is CN1CCN(C(=O)c2ccc(CNC(=O)C3(c4cccc(C(F)(F)F)c4)CCOCC3)cc2)CC1. The number of amides is 2. The Balaban J connectivity index is 1.44. The first-order chi connectivity index (χ1) is 16.7. The molecular formula is C26H30F3N3O3. The van der Waals surface area contributed by atoms with E-state index in [1.807, 2.05) is 11.9 Å². The van der Waals surface area contributed by atoms with Gasteiger partial charge in [0.05, 0.1) is 11.0 Å². The molecule has 0 aromatic heterocycles. The van der Waals surface area contributed by atoms with Gasteiger partial charge in [-0.05, 0) is 49.2 Å². The lowest BCUT2D eigenvalue weighted by atomic mass is 9.73. The molecule has 6 nitrogen and oxygen atoms in total. The van der Waals surface area contributed by atoms with Crippen LogP contribution in [0.3, 0.4) is 0 Å². The van der Waals surface area contributed by atoms with E-state index in [9.17, 15) is 22.8 Å². The smallest absolute Gasteiger partial charge is 0.381 e. The van der Waals surface area contributed by atoms with Gasteiger partial charge in [-0.25, -0.2) is 0 Å². The van der Waals surface area contributed by atoms with Crippen LogP contribution in [0.25, 0.3) is 0 Å². The van der Waals surface area contributed by atoms with Gasteiger partial charge >= 0.3 is 6.18 Å². The molecule has 0 atom stereocenters. The summed E-state index contributed by atoms with van der Waals surface area (Å²) in [6.07, 6.45) is -3.88. The molecule has 188 valence electrons. The number of nitrogens with zero attached hydrogens (tertiary/aromatic N) is 2. The molecule has 2 aromatic rings. The predicted octanol–water partition coefficient (Wildman–Crippen LogP) is 3.46. The summed E-state index contributed by atoms with van der Waals surface area (Å²) in [4.78, 5) is 30.1. The summed E-state index contributed by atoms with van der Waals surface area (Å²) in [6, 6.07) is 12.1. The van der Waals surface area contributed by atoms with Crippen molar-refractivity contribution in [2.75, 3.05) is 46.4 Å². The fraction of sp³-hybridized carbons (Fsp3) is 0.462. The summed E-state index contributed by atoms with van der Waals surface area (Å²) in [5.74, 6) is -0.336. The van der Waals surface area contributed by atoms with Crippen LogP contribution < -0.4 is 5.32 Å². The molecule has 0 unspecified atom stereocenters. The number of carbonyl (C=O) groups is 2. The third-order valence-electron chi connectivity index (χ3n) is 6.97. The fourth-order valence-corrected chi connectivity index (χ4v) is 4.67. The summed E-state index contributed by atoms with van der Waals surface area (Å²) in [5.41, 5.74) is -0.110. The zero-order valence-electron chi connectivity index (χ0n) is 19.7. The van der Waals surface area contributed by atoms with Gasteiger partial charge in [-0.15, -0.1) is 0 Å². The van der Waals surface area contributed by atoms with Crippen LogP contribution in [-0.2, 0) is 27.7 Å². The summed E-state index contributed by atoms with van der Waals surface area (Å²) >= 11 is 0. The van der Waals surface area contributed by atoms with E-state index in [0.29, 0.717) is 50.3 Å². The van der Waals surface area contributed by atoms with E-state index in [1.54, 1.807) is 30.3 Å². The molecule has 2 fully saturated rings. The Morgan fingerprint density at radius 1 is 1.00 bits per heavy atom. The molecule has 4 rings (SSSR count). The lowest BCUT2D eigenvalue weighted by molar-refractivity contribution is -0.138. The van der Waals surface area contributed by atoms with Crippen molar-refractivity contribution < 1.29 is 27.5 Å². The summed E-state index contributed by atoms with van der Waals surface area (Å²) < 4.78 is 45.3. The molecule has 2 amide bonds. The number of piperazine rings is 1. The predicted molar refractivity (Wildman–Crippen MR) is 125 cm³/mol. The van der Waals surface area contributed by atoms with Crippen LogP contribution in [0.15, 0.2) is 48.5 Å². The van der Waals surface area contributed by atoms with E-state index in [-0.39, 0.29) is 18.4 Å². The van der Waals surface area contributed by atoms with E-state index in [1.165, 1.54) is 6.07 Å². The van der Waals surface area contributed by atoms with Gasteiger partial charge in [-0.1, -0.05) is 30.3 Å². The standard InChI is InChI=1S/C26H30F3N3O3/c1-31-11-13-32(14-12-31)23(33)20-7-5-19(6-8-20)18-30-24(34)25(9-15-35-16-10-25)21-3-2-4-22(17-21)26(27,28)29/h2-8,17H,9-16,18H2,1H3,(H,30,34). The normalized spacial score (nSPS) is 18.8. The van der Waals surface area contributed by atoms with Gasteiger partial charge in [0.15, 0.2) is 0 Å². The minimum Gasteiger partial charge on any atom is -0.381 e. The molecule has 0 aliphatic carbocycles. The number of nitrogens with one attached hydrogen (secondary N) is 1. The first kappa shape index (κ1) is 25.2.